The van der Waals surface area contributed by atoms with E-state index in [2.05, 4.69) is 15.4 Å². The summed E-state index contributed by atoms with van der Waals surface area (Å²) in [6.07, 6.45) is 0.788. The standard InChI is InChI=1S/C24H23N3O4S/c1-16-6-8-17(9-7-16)15-25-24(29)20-4-2-3-5-22(20)27-32(30,31)19-11-12-21-18(14-19)10-13-23(28)26-21/h2-9,11-12,14,27H,10,13,15H2,1H3,(H,25,29)(H,26,28). The van der Waals surface area contributed by atoms with Crippen molar-refractivity contribution in [1.82, 2.24) is 5.32 Å². The molecule has 0 saturated heterocycles. The van der Waals surface area contributed by atoms with Crippen molar-refractivity contribution in [3.63, 3.8) is 0 Å². The monoisotopic (exact) mass is 449 g/mol. The quantitative estimate of drug-likeness (QED) is 0.535. The van der Waals surface area contributed by atoms with Crippen molar-refractivity contribution < 1.29 is 18.0 Å². The van der Waals surface area contributed by atoms with Gasteiger partial charge in [-0.25, -0.2) is 8.42 Å². The van der Waals surface area contributed by atoms with E-state index < -0.39 is 10.0 Å². The summed E-state index contributed by atoms with van der Waals surface area (Å²) in [7, 11) is -3.93. The number of benzene rings is 3. The zero-order valence-electron chi connectivity index (χ0n) is 17.5. The first-order chi connectivity index (χ1) is 15.3. The maximum absolute atomic E-state index is 13.0. The number of nitrogens with one attached hydrogen (secondary N) is 3. The molecule has 7 nitrogen and oxygen atoms in total. The molecule has 8 heteroatoms. The van der Waals surface area contributed by atoms with Gasteiger partial charge in [0.2, 0.25) is 5.91 Å². The molecule has 2 amide bonds. The van der Waals surface area contributed by atoms with E-state index in [9.17, 15) is 18.0 Å². The predicted molar refractivity (Wildman–Crippen MR) is 123 cm³/mol. The lowest BCUT2D eigenvalue weighted by atomic mass is 10.0. The van der Waals surface area contributed by atoms with Crippen LogP contribution in [-0.2, 0) is 27.8 Å². The topological polar surface area (TPSA) is 104 Å². The molecule has 0 saturated carbocycles. The Balaban J connectivity index is 1.52. The number of anilines is 2. The summed E-state index contributed by atoms with van der Waals surface area (Å²) < 4.78 is 28.5. The van der Waals surface area contributed by atoms with E-state index in [-0.39, 0.29) is 28.0 Å². The lowest BCUT2D eigenvalue weighted by Gasteiger charge is -2.18. The third-order valence-corrected chi connectivity index (χ3v) is 6.64. The zero-order chi connectivity index (χ0) is 22.7. The summed E-state index contributed by atoms with van der Waals surface area (Å²) in [4.78, 5) is 24.4. The number of hydrogen-bond donors (Lipinski definition) is 3. The van der Waals surface area contributed by atoms with Gasteiger partial charge in [-0.2, -0.15) is 0 Å². The van der Waals surface area contributed by atoms with E-state index >= 15 is 0 Å². The van der Waals surface area contributed by atoms with E-state index in [4.69, 9.17) is 0 Å². The average Bonchev–Trinajstić information content (AvgIpc) is 2.78. The molecule has 1 heterocycles. The average molecular weight is 450 g/mol. The Hall–Kier alpha value is -3.65. The van der Waals surface area contributed by atoms with Crippen LogP contribution in [0.4, 0.5) is 11.4 Å². The van der Waals surface area contributed by atoms with Crippen LogP contribution in [0.15, 0.2) is 71.6 Å². The van der Waals surface area contributed by atoms with Crippen molar-refractivity contribution in [2.24, 2.45) is 0 Å². The number of hydrogen-bond acceptors (Lipinski definition) is 4. The van der Waals surface area contributed by atoms with Crippen molar-refractivity contribution >= 4 is 33.2 Å². The SMILES string of the molecule is Cc1ccc(CNC(=O)c2ccccc2NS(=O)(=O)c2ccc3c(c2)CCC(=O)N3)cc1. The first-order valence-corrected chi connectivity index (χ1v) is 11.7. The first-order valence-electron chi connectivity index (χ1n) is 10.2. The summed E-state index contributed by atoms with van der Waals surface area (Å²) in [6, 6.07) is 18.8. The Kier molecular flexibility index (Phi) is 5.96. The van der Waals surface area contributed by atoms with E-state index in [1.165, 1.54) is 6.07 Å². The Morgan fingerprint density at radius 1 is 1.00 bits per heavy atom. The molecule has 0 unspecified atom stereocenters. The molecule has 0 radical (unpaired) electrons. The number of carbonyl (C=O) groups is 2. The van der Waals surface area contributed by atoms with Gasteiger partial charge in [0.05, 0.1) is 16.1 Å². The normalized spacial score (nSPS) is 13.1. The summed E-state index contributed by atoms with van der Waals surface area (Å²) >= 11 is 0. The number of rotatable bonds is 6. The molecule has 1 aliphatic rings. The van der Waals surface area contributed by atoms with E-state index in [0.717, 1.165) is 16.7 Å². The molecule has 3 N–H and O–H groups in total. The highest BCUT2D eigenvalue weighted by atomic mass is 32.2. The van der Waals surface area contributed by atoms with Gasteiger partial charge in [-0.1, -0.05) is 42.0 Å². The van der Waals surface area contributed by atoms with Crippen LogP contribution in [0, 0.1) is 6.92 Å². The molecular formula is C24H23N3O4S. The molecule has 32 heavy (non-hydrogen) atoms. The number of sulfonamides is 1. The Labute approximate surface area is 186 Å². The highest BCUT2D eigenvalue weighted by Crippen LogP contribution is 2.27. The minimum absolute atomic E-state index is 0.0715. The number of aryl methyl sites for hydroxylation is 2. The van der Waals surface area contributed by atoms with Gasteiger partial charge < -0.3 is 10.6 Å². The van der Waals surface area contributed by atoms with E-state index in [0.29, 0.717) is 25.1 Å². The second kappa shape index (κ2) is 8.84. The second-order valence-electron chi connectivity index (χ2n) is 7.69. The van der Waals surface area contributed by atoms with Crippen LogP contribution >= 0.6 is 0 Å². The van der Waals surface area contributed by atoms with Gasteiger partial charge in [0.25, 0.3) is 15.9 Å². The minimum atomic E-state index is -3.93. The van der Waals surface area contributed by atoms with Crippen LogP contribution in [0.2, 0.25) is 0 Å². The third kappa shape index (κ3) is 4.81. The maximum atomic E-state index is 13.0. The summed E-state index contributed by atoms with van der Waals surface area (Å²) in [6.45, 7) is 2.32. The van der Waals surface area contributed by atoms with Gasteiger partial charge in [0.1, 0.15) is 0 Å². The zero-order valence-corrected chi connectivity index (χ0v) is 18.3. The van der Waals surface area contributed by atoms with Gasteiger partial charge in [0, 0.05) is 18.7 Å². The van der Waals surface area contributed by atoms with Gasteiger partial charge in [-0.15, -0.1) is 0 Å². The van der Waals surface area contributed by atoms with Crippen molar-refractivity contribution in [2.45, 2.75) is 31.2 Å². The lowest BCUT2D eigenvalue weighted by molar-refractivity contribution is -0.116. The number of para-hydroxylation sites is 1. The smallest absolute Gasteiger partial charge is 0.261 e. The Morgan fingerprint density at radius 2 is 1.75 bits per heavy atom. The predicted octanol–water partition coefficient (Wildman–Crippen LogP) is 3.61. The van der Waals surface area contributed by atoms with Crippen LogP contribution in [0.3, 0.4) is 0 Å². The van der Waals surface area contributed by atoms with E-state index in [1.807, 2.05) is 31.2 Å². The fourth-order valence-electron chi connectivity index (χ4n) is 3.48. The minimum Gasteiger partial charge on any atom is -0.348 e. The third-order valence-electron chi connectivity index (χ3n) is 5.27. The summed E-state index contributed by atoms with van der Waals surface area (Å²) in [5.41, 5.74) is 3.88. The first kappa shape index (κ1) is 21.6. The van der Waals surface area contributed by atoms with Gasteiger partial charge in [0.15, 0.2) is 0 Å². The van der Waals surface area contributed by atoms with Crippen LogP contribution in [0.25, 0.3) is 0 Å². The van der Waals surface area contributed by atoms with Gasteiger partial charge in [-0.3, -0.25) is 14.3 Å². The largest absolute Gasteiger partial charge is 0.348 e. The van der Waals surface area contributed by atoms with Crippen molar-refractivity contribution in [3.05, 3.63) is 89.0 Å². The fourth-order valence-corrected chi connectivity index (χ4v) is 4.61. The Bertz CT molecular complexity index is 1280. The molecule has 0 aliphatic carbocycles. The van der Waals surface area contributed by atoms with E-state index in [1.54, 1.807) is 36.4 Å². The van der Waals surface area contributed by atoms with Crippen molar-refractivity contribution in [3.8, 4) is 0 Å². The maximum Gasteiger partial charge on any atom is 0.261 e. The molecule has 0 spiro atoms. The molecule has 4 rings (SSSR count). The molecular weight excluding hydrogens is 426 g/mol. The molecule has 3 aromatic rings. The fraction of sp³-hybridized carbons (Fsp3) is 0.167. The van der Waals surface area contributed by atoms with Gasteiger partial charge >= 0.3 is 0 Å². The molecule has 0 fully saturated rings. The molecule has 0 aromatic heterocycles. The van der Waals surface area contributed by atoms with Crippen molar-refractivity contribution in [2.75, 3.05) is 10.0 Å². The van der Waals surface area contributed by atoms with Crippen LogP contribution in [-0.4, -0.2) is 20.2 Å². The van der Waals surface area contributed by atoms with Crippen LogP contribution in [0.5, 0.6) is 0 Å². The number of carbonyl (C=O) groups excluding carboxylic acids is 2. The molecule has 0 bridgehead atoms. The highest BCUT2D eigenvalue weighted by molar-refractivity contribution is 7.92. The second-order valence-corrected chi connectivity index (χ2v) is 9.37. The molecule has 3 aromatic carbocycles. The van der Waals surface area contributed by atoms with Gasteiger partial charge in [-0.05, 0) is 54.8 Å². The van der Waals surface area contributed by atoms with Crippen molar-refractivity contribution in [1.29, 1.82) is 0 Å². The summed E-state index contributed by atoms with van der Waals surface area (Å²) in [5.74, 6) is -0.464. The molecule has 0 atom stereocenters. The molecule has 164 valence electrons. The Morgan fingerprint density at radius 3 is 2.53 bits per heavy atom. The lowest BCUT2D eigenvalue weighted by Crippen LogP contribution is -2.25. The van der Waals surface area contributed by atoms with Crippen LogP contribution < -0.4 is 15.4 Å². The number of amides is 2. The number of fused-ring (bicyclic) bond motifs is 1. The molecule has 1 aliphatic heterocycles. The highest BCUT2D eigenvalue weighted by Gasteiger charge is 2.22. The van der Waals surface area contributed by atoms with Crippen LogP contribution in [0.1, 0.15) is 33.5 Å². The summed E-state index contributed by atoms with van der Waals surface area (Å²) in [5, 5.41) is 5.57.